The second kappa shape index (κ2) is 8.08. The summed E-state index contributed by atoms with van der Waals surface area (Å²) in [7, 11) is 3.45. The minimum Gasteiger partial charge on any atom is -0.465 e. The molecule has 1 aliphatic rings. The van der Waals surface area contributed by atoms with E-state index in [-0.39, 0.29) is 5.97 Å². The smallest absolute Gasteiger partial charge is 0.339 e. The van der Waals surface area contributed by atoms with E-state index in [1.807, 2.05) is 25.3 Å². The van der Waals surface area contributed by atoms with Crippen molar-refractivity contribution in [3.63, 3.8) is 0 Å². The van der Waals surface area contributed by atoms with E-state index in [1.54, 1.807) is 6.20 Å². The first-order valence-corrected chi connectivity index (χ1v) is 10.3. The highest BCUT2D eigenvalue weighted by Gasteiger charge is 2.19. The number of aryl methyl sites for hydroxylation is 2. The number of carbonyl (C=O) groups is 1. The topological polar surface area (TPSA) is 60.2 Å². The largest absolute Gasteiger partial charge is 0.465 e. The van der Waals surface area contributed by atoms with Crippen molar-refractivity contribution in [1.29, 1.82) is 0 Å². The van der Waals surface area contributed by atoms with Gasteiger partial charge in [-0.25, -0.2) is 9.78 Å². The fourth-order valence-electron chi connectivity index (χ4n) is 3.83. The number of methoxy groups -OCH3 is 1. The number of fused-ring (bicyclic) bond motifs is 1. The number of hydrogen-bond donors (Lipinski definition) is 0. The van der Waals surface area contributed by atoms with E-state index in [1.165, 1.54) is 18.4 Å². The van der Waals surface area contributed by atoms with Gasteiger partial charge in [0.25, 0.3) is 0 Å². The molecule has 150 valence electrons. The monoisotopic (exact) mass is 454 g/mol. The first-order valence-electron chi connectivity index (χ1n) is 9.53. The summed E-state index contributed by atoms with van der Waals surface area (Å²) in [5.41, 5.74) is 5.92. The average Bonchev–Trinajstić information content (AvgIpc) is 3.05. The van der Waals surface area contributed by atoms with Gasteiger partial charge in [-0.3, -0.25) is 9.88 Å². The molecule has 3 aromatic rings. The molecule has 0 N–H and O–H groups in total. The third-order valence-corrected chi connectivity index (χ3v) is 6.15. The Morgan fingerprint density at radius 1 is 1.31 bits per heavy atom. The number of halogens is 1. The molecule has 1 aliphatic heterocycles. The van der Waals surface area contributed by atoms with Crippen LogP contribution in [0.5, 0.6) is 0 Å². The molecular formula is C22H23BrN4O2. The highest BCUT2D eigenvalue weighted by Crippen LogP contribution is 2.28. The number of pyridine rings is 2. The lowest BCUT2D eigenvalue weighted by Crippen LogP contribution is -2.29. The molecule has 3 aromatic heterocycles. The van der Waals surface area contributed by atoms with Crippen molar-refractivity contribution in [2.24, 2.45) is 7.05 Å². The zero-order chi connectivity index (χ0) is 20.5. The molecule has 0 amide bonds. The van der Waals surface area contributed by atoms with Crippen molar-refractivity contribution in [3.8, 4) is 0 Å². The highest BCUT2D eigenvalue weighted by molar-refractivity contribution is 9.10. The van der Waals surface area contributed by atoms with Gasteiger partial charge in [-0.1, -0.05) is 6.08 Å². The minimum absolute atomic E-state index is 0.355. The number of esters is 1. The molecule has 4 heterocycles. The van der Waals surface area contributed by atoms with E-state index in [4.69, 9.17) is 4.74 Å². The summed E-state index contributed by atoms with van der Waals surface area (Å²) < 4.78 is 8.01. The van der Waals surface area contributed by atoms with Gasteiger partial charge in [0, 0.05) is 54.6 Å². The Balaban J connectivity index is 1.50. The van der Waals surface area contributed by atoms with E-state index in [9.17, 15) is 4.79 Å². The fourth-order valence-corrected chi connectivity index (χ4v) is 4.24. The normalized spacial score (nSPS) is 14.8. The van der Waals surface area contributed by atoms with E-state index < -0.39 is 0 Å². The van der Waals surface area contributed by atoms with Crippen LogP contribution in [0, 0.1) is 6.92 Å². The molecule has 0 aliphatic carbocycles. The Hall–Kier alpha value is -2.51. The van der Waals surface area contributed by atoms with E-state index in [0.29, 0.717) is 5.56 Å². The van der Waals surface area contributed by atoms with Gasteiger partial charge in [0.05, 0.1) is 18.4 Å². The molecule has 0 spiro atoms. The lowest BCUT2D eigenvalue weighted by Gasteiger charge is -2.26. The van der Waals surface area contributed by atoms with Gasteiger partial charge in [0.15, 0.2) is 0 Å². The Kier molecular flexibility index (Phi) is 5.52. The van der Waals surface area contributed by atoms with E-state index >= 15 is 0 Å². The summed E-state index contributed by atoms with van der Waals surface area (Å²) in [6, 6.07) is 6.04. The Morgan fingerprint density at radius 3 is 2.79 bits per heavy atom. The molecule has 7 heteroatoms. The molecule has 0 unspecified atom stereocenters. The van der Waals surface area contributed by atoms with Crippen LogP contribution >= 0.6 is 15.9 Å². The predicted octanol–water partition coefficient (Wildman–Crippen LogP) is 4.12. The molecule has 0 saturated carbocycles. The standard InChI is InChI=1S/C22H23BrN4O2/c1-14-10-16(22(28)29-3)12-25-20(14)15-5-8-27(9-6-15)13-17-11-18-19(23)4-7-24-21(18)26(17)2/h4-5,7,10-12H,6,8-9,13H2,1-3H3. The van der Waals surface area contributed by atoms with E-state index in [2.05, 4.69) is 54.6 Å². The van der Waals surface area contributed by atoms with Crippen molar-refractivity contribution >= 4 is 38.5 Å². The van der Waals surface area contributed by atoms with Crippen LogP contribution in [0.15, 0.2) is 41.1 Å². The van der Waals surface area contributed by atoms with Gasteiger partial charge in [0.1, 0.15) is 5.65 Å². The molecule has 0 bridgehead atoms. The summed E-state index contributed by atoms with van der Waals surface area (Å²) in [5, 5.41) is 1.14. The second-order valence-corrected chi connectivity index (χ2v) is 8.17. The first kappa shape index (κ1) is 19.8. The van der Waals surface area contributed by atoms with Gasteiger partial charge in [0.2, 0.25) is 0 Å². The van der Waals surface area contributed by atoms with Crippen molar-refractivity contribution in [2.75, 3.05) is 20.2 Å². The molecule has 29 heavy (non-hydrogen) atoms. The minimum atomic E-state index is -0.355. The molecule has 6 nitrogen and oxygen atoms in total. The molecule has 4 rings (SSSR count). The van der Waals surface area contributed by atoms with Crippen LogP contribution in [-0.2, 0) is 18.3 Å². The van der Waals surface area contributed by atoms with Crippen LogP contribution in [0.3, 0.4) is 0 Å². The lowest BCUT2D eigenvalue weighted by atomic mass is 9.99. The summed E-state index contributed by atoms with van der Waals surface area (Å²) in [6.45, 7) is 4.69. The second-order valence-electron chi connectivity index (χ2n) is 7.32. The molecule has 0 saturated heterocycles. The number of nitrogens with zero attached hydrogens (tertiary/aromatic N) is 4. The van der Waals surface area contributed by atoms with Gasteiger partial charge in [-0.15, -0.1) is 0 Å². The Labute approximate surface area is 178 Å². The molecule has 0 atom stereocenters. The third kappa shape index (κ3) is 3.84. The quantitative estimate of drug-likeness (QED) is 0.554. The zero-order valence-corrected chi connectivity index (χ0v) is 18.4. The summed E-state index contributed by atoms with van der Waals surface area (Å²) in [6.07, 6.45) is 6.60. The highest BCUT2D eigenvalue weighted by atomic mass is 79.9. The van der Waals surface area contributed by atoms with Gasteiger partial charge >= 0.3 is 5.97 Å². The first-order chi connectivity index (χ1) is 14.0. The Morgan fingerprint density at radius 2 is 2.14 bits per heavy atom. The number of hydrogen-bond acceptors (Lipinski definition) is 5. The summed E-state index contributed by atoms with van der Waals surface area (Å²) >= 11 is 3.62. The molecule has 0 radical (unpaired) electrons. The van der Waals surface area contributed by atoms with Crippen LogP contribution in [0.2, 0.25) is 0 Å². The predicted molar refractivity (Wildman–Crippen MR) is 117 cm³/mol. The van der Waals surface area contributed by atoms with Crippen LogP contribution in [0.4, 0.5) is 0 Å². The van der Waals surface area contributed by atoms with Crippen LogP contribution in [0.1, 0.15) is 33.7 Å². The van der Waals surface area contributed by atoms with Crippen molar-refractivity contribution in [3.05, 3.63) is 63.7 Å². The fraction of sp³-hybridized carbons (Fsp3) is 0.318. The number of carbonyl (C=O) groups excluding carboxylic acids is 1. The van der Waals surface area contributed by atoms with E-state index in [0.717, 1.165) is 52.8 Å². The summed E-state index contributed by atoms with van der Waals surface area (Å²) in [4.78, 5) is 23.1. The number of ether oxygens (including phenoxy) is 1. The maximum absolute atomic E-state index is 11.7. The summed E-state index contributed by atoms with van der Waals surface area (Å²) in [5.74, 6) is -0.355. The zero-order valence-electron chi connectivity index (χ0n) is 16.8. The third-order valence-electron chi connectivity index (χ3n) is 5.46. The van der Waals surface area contributed by atoms with Gasteiger partial charge in [-0.2, -0.15) is 0 Å². The SMILES string of the molecule is COC(=O)c1cnc(C2=CCN(Cc3cc4c(Br)ccnc4n3C)CC2)c(C)c1. The molecule has 0 aromatic carbocycles. The maximum atomic E-state index is 11.7. The van der Waals surface area contributed by atoms with Crippen molar-refractivity contribution < 1.29 is 9.53 Å². The lowest BCUT2D eigenvalue weighted by molar-refractivity contribution is 0.0600. The molecule has 0 fully saturated rings. The van der Waals surface area contributed by atoms with Crippen LogP contribution in [-0.4, -0.2) is 45.6 Å². The molecular weight excluding hydrogens is 432 g/mol. The van der Waals surface area contributed by atoms with Crippen LogP contribution in [0.25, 0.3) is 16.6 Å². The van der Waals surface area contributed by atoms with Gasteiger partial charge in [-0.05, 0) is 58.6 Å². The van der Waals surface area contributed by atoms with Crippen LogP contribution < -0.4 is 0 Å². The van der Waals surface area contributed by atoms with Crippen molar-refractivity contribution in [1.82, 2.24) is 19.4 Å². The number of rotatable bonds is 4. The van der Waals surface area contributed by atoms with Gasteiger partial charge < -0.3 is 9.30 Å². The average molecular weight is 455 g/mol. The van der Waals surface area contributed by atoms with Crippen molar-refractivity contribution in [2.45, 2.75) is 19.9 Å². The Bertz CT molecular complexity index is 1120. The number of aromatic nitrogens is 3. The maximum Gasteiger partial charge on any atom is 0.339 e.